The molecule has 0 saturated carbocycles. The summed E-state index contributed by atoms with van der Waals surface area (Å²) in [6.45, 7) is 4.93. The first-order valence-corrected chi connectivity index (χ1v) is 7.88. The third-order valence-corrected chi connectivity index (χ3v) is 4.51. The van der Waals surface area contributed by atoms with Gasteiger partial charge in [0.05, 0.1) is 6.61 Å². The van der Waals surface area contributed by atoms with Crippen molar-refractivity contribution in [3.05, 3.63) is 35.4 Å². The van der Waals surface area contributed by atoms with Crippen LogP contribution in [0.2, 0.25) is 0 Å². The first-order chi connectivity index (χ1) is 10.6. The molecule has 0 atom stereocenters. The number of nitrogens with zero attached hydrogens (tertiary/aromatic N) is 2. The number of hydrogen-bond acceptors (Lipinski definition) is 3. The van der Waals surface area contributed by atoms with E-state index in [9.17, 15) is 9.59 Å². The summed E-state index contributed by atoms with van der Waals surface area (Å²) in [6, 6.07) is 7.95. The first kappa shape index (κ1) is 15.0. The summed E-state index contributed by atoms with van der Waals surface area (Å²) in [4.78, 5) is 28.2. The Hall–Kier alpha value is -1.88. The van der Waals surface area contributed by atoms with Gasteiger partial charge in [-0.15, -0.1) is 0 Å². The molecule has 2 fully saturated rings. The molecule has 0 spiro atoms. The van der Waals surface area contributed by atoms with E-state index < -0.39 is 0 Å². The molecule has 5 nitrogen and oxygen atoms in total. The van der Waals surface area contributed by atoms with Gasteiger partial charge in [-0.3, -0.25) is 9.59 Å². The van der Waals surface area contributed by atoms with E-state index in [0.29, 0.717) is 26.2 Å². The van der Waals surface area contributed by atoms with Crippen molar-refractivity contribution in [2.24, 2.45) is 0 Å². The molecular weight excluding hydrogens is 280 g/mol. The van der Waals surface area contributed by atoms with Crippen molar-refractivity contribution < 1.29 is 14.3 Å². The molecule has 0 aliphatic carbocycles. The van der Waals surface area contributed by atoms with Gasteiger partial charge < -0.3 is 14.5 Å². The average molecular weight is 302 g/mol. The number of aryl methyl sites for hydroxylation is 1. The third kappa shape index (κ3) is 3.14. The molecule has 22 heavy (non-hydrogen) atoms. The van der Waals surface area contributed by atoms with E-state index in [4.69, 9.17) is 4.74 Å². The van der Waals surface area contributed by atoms with Gasteiger partial charge in [0.25, 0.3) is 5.91 Å². The second kappa shape index (κ2) is 6.48. The SMILES string of the molecule is Cc1ccc(C(=O)N2CCC(N3CCOCC3=O)CC2)cc1. The van der Waals surface area contributed by atoms with Crippen LogP contribution in [0.4, 0.5) is 0 Å². The molecule has 0 bridgehead atoms. The normalized spacial score (nSPS) is 20.3. The van der Waals surface area contributed by atoms with Crippen molar-refractivity contribution in [3.8, 4) is 0 Å². The molecule has 1 aromatic rings. The fourth-order valence-corrected chi connectivity index (χ4v) is 3.18. The number of hydrogen-bond donors (Lipinski definition) is 0. The number of benzene rings is 1. The number of likely N-dealkylation sites (tertiary alicyclic amines) is 1. The second-order valence-electron chi connectivity index (χ2n) is 6.03. The van der Waals surface area contributed by atoms with Crippen LogP contribution in [-0.2, 0) is 9.53 Å². The van der Waals surface area contributed by atoms with Crippen LogP contribution in [0.5, 0.6) is 0 Å². The zero-order chi connectivity index (χ0) is 15.5. The summed E-state index contributed by atoms with van der Waals surface area (Å²) in [6.07, 6.45) is 1.70. The van der Waals surface area contributed by atoms with E-state index >= 15 is 0 Å². The average Bonchev–Trinajstić information content (AvgIpc) is 2.56. The summed E-state index contributed by atoms with van der Waals surface area (Å²) in [5.41, 5.74) is 1.90. The maximum absolute atomic E-state index is 12.5. The van der Waals surface area contributed by atoms with Gasteiger partial charge in [-0.2, -0.15) is 0 Å². The van der Waals surface area contributed by atoms with E-state index in [1.165, 1.54) is 0 Å². The molecule has 3 rings (SSSR count). The number of ether oxygens (including phenoxy) is 1. The van der Waals surface area contributed by atoms with Crippen LogP contribution in [0.3, 0.4) is 0 Å². The zero-order valence-electron chi connectivity index (χ0n) is 13.0. The fraction of sp³-hybridized carbons (Fsp3) is 0.529. The van der Waals surface area contributed by atoms with Crippen LogP contribution >= 0.6 is 0 Å². The number of carbonyl (C=O) groups excluding carboxylic acids is 2. The van der Waals surface area contributed by atoms with Crippen LogP contribution < -0.4 is 0 Å². The Labute approximate surface area is 130 Å². The maximum atomic E-state index is 12.5. The Bertz CT molecular complexity index is 548. The number of piperidine rings is 1. The quantitative estimate of drug-likeness (QED) is 0.831. The molecule has 5 heteroatoms. The van der Waals surface area contributed by atoms with Gasteiger partial charge in [0.1, 0.15) is 6.61 Å². The minimum absolute atomic E-state index is 0.0783. The van der Waals surface area contributed by atoms with E-state index in [1.54, 1.807) is 0 Å². The van der Waals surface area contributed by atoms with E-state index in [-0.39, 0.29) is 24.5 Å². The topological polar surface area (TPSA) is 49.9 Å². The Morgan fingerprint density at radius 3 is 2.45 bits per heavy atom. The lowest BCUT2D eigenvalue weighted by atomic mass is 10.0. The van der Waals surface area contributed by atoms with Gasteiger partial charge in [0, 0.05) is 31.2 Å². The minimum atomic E-state index is 0.0783. The number of carbonyl (C=O) groups is 2. The van der Waals surface area contributed by atoms with Gasteiger partial charge in [0.15, 0.2) is 0 Å². The van der Waals surface area contributed by atoms with Crippen LogP contribution in [0.1, 0.15) is 28.8 Å². The van der Waals surface area contributed by atoms with Crippen LogP contribution in [0.25, 0.3) is 0 Å². The van der Waals surface area contributed by atoms with Gasteiger partial charge in [-0.05, 0) is 31.9 Å². The van der Waals surface area contributed by atoms with E-state index in [0.717, 1.165) is 24.0 Å². The van der Waals surface area contributed by atoms with Crippen LogP contribution in [0.15, 0.2) is 24.3 Å². The highest BCUT2D eigenvalue weighted by Gasteiger charge is 2.31. The molecule has 2 saturated heterocycles. The van der Waals surface area contributed by atoms with Gasteiger partial charge in [0.2, 0.25) is 5.91 Å². The predicted octanol–water partition coefficient (Wildman–Crippen LogP) is 1.46. The van der Waals surface area contributed by atoms with Crippen molar-refractivity contribution in [3.63, 3.8) is 0 Å². The van der Waals surface area contributed by atoms with E-state index in [2.05, 4.69) is 0 Å². The van der Waals surface area contributed by atoms with Gasteiger partial charge in [-0.25, -0.2) is 0 Å². The Kier molecular flexibility index (Phi) is 4.43. The molecular formula is C17H22N2O3. The standard InChI is InChI=1S/C17H22N2O3/c1-13-2-4-14(5-3-13)17(21)18-8-6-15(7-9-18)19-10-11-22-12-16(19)20/h2-5,15H,6-12H2,1H3. The number of amides is 2. The highest BCUT2D eigenvalue weighted by Crippen LogP contribution is 2.20. The third-order valence-electron chi connectivity index (χ3n) is 4.51. The smallest absolute Gasteiger partial charge is 0.253 e. The number of rotatable bonds is 2. The summed E-state index contributed by atoms with van der Waals surface area (Å²) in [7, 11) is 0. The fourth-order valence-electron chi connectivity index (χ4n) is 3.18. The molecule has 0 aromatic heterocycles. The Balaban J connectivity index is 1.58. The highest BCUT2D eigenvalue weighted by molar-refractivity contribution is 5.94. The molecule has 2 heterocycles. The van der Waals surface area contributed by atoms with Crippen molar-refractivity contribution in [1.82, 2.24) is 9.80 Å². The molecule has 2 aliphatic heterocycles. The number of morpholine rings is 1. The van der Waals surface area contributed by atoms with Gasteiger partial charge in [-0.1, -0.05) is 17.7 Å². The Morgan fingerprint density at radius 1 is 1.14 bits per heavy atom. The molecule has 118 valence electrons. The molecule has 2 amide bonds. The monoisotopic (exact) mass is 302 g/mol. The second-order valence-corrected chi connectivity index (χ2v) is 6.03. The Morgan fingerprint density at radius 2 is 1.82 bits per heavy atom. The lowest BCUT2D eigenvalue weighted by Crippen LogP contribution is -2.52. The summed E-state index contributed by atoms with van der Waals surface area (Å²) in [5.74, 6) is 0.168. The van der Waals surface area contributed by atoms with Crippen molar-refractivity contribution in [2.45, 2.75) is 25.8 Å². The molecule has 0 unspecified atom stereocenters. The van der Waals surface area contributed by atoms with Crippen molar-refractivity contribution >= 4 is 11.8 Å². The molecule has 0 N–H and O–H groups in total. The predicted molar refractivity (Wildman–Crippen MR) is 82.6 cm³/mol. The van der Waals surface area contributed by atoms with E-state index in [1.807, 2.05) is 41.0 Å². The minimum Gasteiger partial charge on any atom is -0.370 e. The lowest BCUT2D eigenvalue weighted by Gasteiger charge is -2.40. The molecule has 0 radical (unpaired) electrons. The maximum Gasteiger partial charge on any atom is 0.253 e. The summed E-state index contributed by atoms with van der Waals surface area (Å²) < 4.78 is 5.17. The lowest BCUT2D eigenvalue weighted by molar-refractivity contribution is -0.146. The molecule has 1 aromatic carbocycles. The molecule has 2 aliphatic rings. The summed E-state index contributed by atoms with van der Waals surface area (Å²) >= 11 is 0. The largest absolute Gasteiger partial charge is 0.370 e. The van der Waals surface area contributed by atoms with Crippen LogP contribution in [-0.4, -0.2) is 60.5 Å². The summed E-state index contributed by atoms with van der Waals surface area (Å²) in [5, 5.41) is 0. The van der Waals surface area contributed by atoms with Crippen LogP contribution in [0, 0.1) is 6.92 Å². The van der Waals surface area contributed by atoms with Crippen molar-refractivity contribution in [2.75, 3.05) is 32.8 Å². The first-order valence-electron chi connectivity index (χ1n) is 7.88. The van der Waals surface area contributed by atoms with Crippen molar-refractivity contribution in [1.29, 1.82) is 0 Å². The zero-order valence-corrected chi connectivity index (χ0v) is 13.0. The van der Waals surface area contributed by atoms with Gasteiger partial charge >= 0.3 is 0 Å². The highest BCUT2D eigenvalue weighted by atomic mass is 16.5.